The van der Waals surface area contributed by atoms with Crippen molar-refractivity contribution in [3.63, 3.8) is 0 Å². The summed E-state index contributed by atoms with van der Waals surface area (Å²) in [7, 11) is -8.26. The predicted octanol–water partition coefficient (Wildman–Crippen LogP) is 2.13. The maximum absolute atomic E-state index is 14.2. The Labute approximate surface area is 306 Å². The van der Waals surface area contributed by atoms with Gasteiger partial charge in [0, 0.05) is 56.1 Å². The summed E-state index contributed by atoms with van der Waals surface area (Å²) in [5.41, 5.74) is 5.61. The number of hydrogen-bond acceptors (Lipinski definition) is 9. The van der Waals surface area contributed by atoms with Gasteiger partial charge in [0.1, 0.15) is 12.1 Å². The van der Waals surface area contributed by atoms with Gasteiger partial charge >= 0.3 is 19.6 Å². The number of hydrogen-bond donors (Lipinski definition) is 5. The molecule has 0 heterocycles. The van der Waals surface area contributed by atoms with Crippen molar-refractivity contribution in [1.29, 1.82) is 0 Å². The van der Waals surface area contributed by atoms with Crippen molar-refractivity contribution in [2.75, 3.05) is 67.8 Å². The van der Waals surface area contributed by atoms with Crippen LogP contribution in [-0.4, -0.2) is 132 Å². The summed E-state index contributed by atoms with van der Waals surface area (Å²) in [6, 6.07) is 2.77. The molecule has 3 atom stereocenters. The average molecular weight is 824 g/mol. The zero-order valence-electron chi connectivity index (χ0n) is 25.7. The van der Waals surface area contributed by atoms with E-state index >= 15 is 0 Å². The van der Waals surface area contributed by atoms with Crippen molar-refractivity contribution in [1.82, 2.24) is 20.0 Å². The number of nitrogens with one attached hydrogen (secondary N) is 2. The first-order chi connectivity index (χ1) is 22.1. The van der Waals surface area contributed by atoms with Gasteiger partial charge < -0.3 is 31.1 Å². The van der Waals surface area contributed by atoms with Crippen molar-refractivity contribution in [3.8, 4) is 0 Å². The Kier molecular flexibility index (Phi) is 23.2. The second-order valence-corrected chi connectivity index (χ2v) is 16.0. The Morgan fingerprint density at radius 1 is 0.875 bits per heavy atom. The van der Waals surface area contributed by atoms with Gasteiger partial charge in [0.25, 0.3) is 0 Å². The van der Waals surface area contributed by atoms with Gasteiger partial charge in [0.05, 0.1) is 18.1 Å². The van der Waals surface area contributed by atoms with E-state index in [4.69, 9.17) is 61.8 Å². The minimum Gasteiger partial charge on any atom is -0.480 e. The Balaban J connectivity index is 0.0000221. The third kappa shape index (κ3) is 16.1. The van der Waals surface area contributed by atoms with Crippen LogP contribution in [0.4, 0.5) is 0 Å². The smallest absolute Gasteiger partial charge is 0.346 e. The molecule has 48 heavy (non-hydrogen) atoms. The molecule has 0 fully saturated rings. The average Bonchev–Trinajstić information content (AvgIpc) is 3.01. The van der Waals surface area contributed by atoms with E-state index in [9.17, 15) is 37.3 Å². The maximum atomic E-state index is 14.2. The summed E-state index contributed by atoms with van der Waals surface area (Å²) in [6.07, 6.45) is -0.798. The zero-order valence-corrected chi connectivity index (χ0v) is 31.3. The molecule has 6 N–H and O–H groups in total. The number of nitrogens with two attached hydrogens (primary N) is 1. The van der Waals surface area contributed by atoms with Crippen molar-refractivity contribution >= 4 is 100 Å². The lowest BCUT2D eigenvalue weighted by Gasteiger charge is -2.37. The number of carbonyl (C=O) groups excluding carboxylic acids is 2. The summed E-state index contributed by atoms with van der Waals surface area (Å²) in [6.45, 7) is -0.327. The first-order valence-electron chi connectivity index (χ1n) is 14.2. The molecule has 0 aliphatic rings. The number of sulfone groups is 1. The number of benzene rings is 1. The van der Waals surface area contributed by atoms with E-state index in [0.717, 1.165) is 0 Å². The Morgan fingerprint density at radius 3 is 1.81 bits per heavy atom. The molecule has 0 radical (unpaired) electrons. The lowest BCUT2D eigenvalue weighted by atomic mass is 10.1. The van der Waals surface area contributed by atoms with E-state index in [0.29, 0.717) is 0 Å². The van der Waals surface area contributed by atoms with E-state index in [-0.39, 0.29) is 74.1 Å². The molecular formula is C26H41Cl5N5O10PS. The van der Waals surface area contributed by atoms with Crippen LogP contribution in [-0.2, 0) is 38.1 Å². The number of amides is 2. The van der Waals surface area contributed by atoms with Gasteiger partial charge in [-0.05, 0) is 12.0 Å². The van der Waals surface area contributed by atoms with Crippen LogP contribution in [0.1, 0.15) is 24.4 Å². The summed E-state index contributed by atoms with van der Waals surface area (Å²) in [5.74, 6) is -6.46. The van der Waals surface area contributed by atoms with E-state index in [1.165, 1.54) is 33.6 Å². The van der Waals surface area contributed by atoms with E-state index in [2.05, 4.69) is 10.6 Å². The number of nitrogens with zero attached hydrogens (tertiary/aromatic N) is 2. The summed E-state index contributed by atoms with van der Waals surface area (Å²) >= 11 is 23.6. The molecule has 2 amide bonds. The minimum absolute atomic E-state index is 0. The Morgan fingerprint density at radius 2 is 1.38 bits per heavy atom. The van der Waals surface area contributed by atoms with Gasteiger partial charge in [-0.2, -0.15) is 0 Å². The third-order valence-corrected chi connectivity index (χ3v) is 11.5. The van der Waals surface area contributed by atoms with Gasteiger partial charge in [-0.15, -0.1) is 58.8 Å². The molecule has 22 heteroatoms. The number of carbonyl (C=O) groups is 4. The van der Waals surface area contributed by atoms with Gasteiger partial charge in [-0.1, -0.05) is 30.3 Å². The lowest BCUT2D eigenvalue weighted by molar-refractivity contribution is -0.142. The monoisotopic (exact) mass is 821 g/mol. The van der Waals surface area contributed by atoms with Crippen LogP contribution < -0.4 is 16.4 Å². The number of rotatable bonds is 25. The van der Waals surface area contributed by atoms with Gasteiger partial charge in [-0.25, -0.2) is 22.6 Å². The van der Waals surface area contributed by atoms with Crippen LogP contribution in [0.25, 0.3) is 0 Å². The molecule has 0 saturated carbocycles. The quantitative estimate of drug-likeness (QED) is 0.0705. The molecule has 0 saturated heterocycles. The number of alkyl halides is 4. The SMILES string of the molecule is Cl.NC(CCC(=O)NC(CS(=O)(=O)CCOP(=O)(N(CCCl)CCCl)N(CCCl)CCCl)C(=O)N[C@@H](C(=O)O)c1ccccc1)C(=O)O. The number of aliphatic carboxylic acids is 2. The van der Waals surface area contributed by atoms with Crippen molar-refractivity contribution in [2.45, 2.75) is 31.0 Å². The first-order valence-corrected chi connectivity index (χ1v) is 19.7. The third-order valence-electron chi connectivity index (χ3n) is 6.48. The van der Waals surface area contributed by atoms with Crippen LogP contribution in [0.3, 0.4) is 0 Å². The normalized spacial score (nSPS) is 13.7. The van der Waals surface area contributed by atoms with Crippen LogP contribution in [0.2, 0.25) is 0 Å². The second-order valence-electron chi connectivity index (χ2n) is 9.90. The van der Waals surface area contributed by atoms with Crippen molar-refractivity contribution in [2.24, 2.45) is 5.73 Å². The minimum atomic E-state index is -4.29. The molecule has 276 valence electrons. The molecule has 15 nitrogen and oxygen atoms in total. The van der Waals surface area contributed by atoms with Crippen LogP contribution in [0, 0.1) is 0 Å². The standard InChI is InChI=1S/C26H40Cl4N5O10PS.ClH/c27-8-12-34(13-9-28)46(42,35(14-10-29)15-11-30)45-16-17-47(43,44)18-21(32-22(36)7-6-20(31)25(38)39)24(37)33-23(26(40)41)19-4-2-1-3-5-19;/h1-5,20-21,23H,6-18,31H2,(H,32,36)(H,33,37)(H,38,39)(H,40,41);1H/t20?,21?,23-;/m1./s1. The topological polar surface area (TPSA) is 226 Å². The molecule has 0 bridgehead atoms. The fraction of sp³-hybridized carbons (Fsp3) is 0.615. The summed E-state index contributed by atoms with van der Waals surface area (Å²) in [5, 5.41) is 23.2. The highest BCUT2D eigenvalue weighted by molar-refractivity contribution is 7.91. The Hall–Kier alpha value is -1.43. The fourth-order valence-corrected chi connectivity index (χ4v) is 9.20. The molecule has 1 aromatic rings. The highest BCUT2D eigenvalue weighted by atomic mass is 35.5. The largest absolute Gasteiger partial charge is 0.480 e. The van der Waals surface area contributed by atoms with Gasteiger partial charge in [-0.3, -0.25) is 18.9 Å². The highest BCUT2D eigenvalue weighted by Gasteiger charge is 2.39. The maximum Gasteiger partial charge on any atom is 0.346 e. The van der Waals surface area contributed by atoms with Gasteiger partial charge in [0.2, 0.25) is 11.8 Å². The fourth-order valence-electron chi connectivity index (χ4n) is 4.12. The second kappa shape index (κ2) is 23.9. The number of carboxylic acids is 2. The van der Waals surface area contributed by atoms with Crippen molar-refractivity contribution in [3.05, 3.63) is 35.9 Å². The number of halogens is 5. The van der Waals surface area contributed by atoms with Crippen LogP contribution in [0.5, 0.6) is 0 Å². The molecular weight excluding hydrogens is 783 g/mol. The van der Waals surface area contributed by atoms with Crippen LogP contribution >= 0.6 is 66.5 Å². The molecule has 0 spiro atoms. The summed E-state index contributed by atoms with van der Waals surface area (Å²) < 4.78 is 49.2. The van der Waals surface area contributed by atoms with Gasteiger partial charge in [0.15, 0.2) is 15.9 Å². The first kappa shape index (κ1) is 46.6. The molecule has 0 aliphatic carbocycles. The summed E-state index contributed by atoms with van der Waals surface area (Å²) in [4.78, 5) is 48.9. The van der Waals surface area contributed by atoms with E-state index < -0.39 is 83.9 Å². The molecule has 1 aromatic carbocycles. The molecule has 2 unspecified atom stereocenters. The predicted molar refractivity (Wildman–Crippen MR) is 187 cm³/mol. The van der Waals surface area contributed by atoms with E-state index in [1.54, 1.807) is 6.07 Å². The van der Waals surface area contributed by atoms with Crippen LogP contribution in [0.15, 0.2) is 30.3 Å². The van der Waals surface area contributed by atoms with E-state index in [1.807, 2.05) is 0 Å². The molecule has 0 aromatic heterocycles. The molecule has 1 rings (SSSR count). The number of carboxylic acid groups (broad SMARTS) is 2. The lowest BCUT2D eigenvalue weighted by Crippen LogP contribution is -2.52. The highest BCUT2D eigenvalue weighted by Crippen LogP contribution is 2.54. The molecule has 0 aliphatic heterocycles. The Bertz CT molecular complexity index is 1290. The zero-order chi connectivity index (χ0) is 35.6. The van der Waals surface area contributed by atoms with Crippen molar-refractivity contribution < 1.29 is 46.9 Å².